The topological polar surface area (TPSA) is 56.5 Å². The van der Waals surface area contributed by atoms with E-state index in [1.54, 1.807) is 11.3 Å². The Morgan fingerprint density at radius 2 is 2.31 bits per heavy atom. The number of pyridine rings is 1. The lowest BCUT2D eigenvalue weighted by molar-refractivity contribution is -0.142. The van der Waals surface area contributed by atoms with Crippen molar-refractivity contribution in [1.29, 1.82) is 0 Å². The van der Waals surface area contributed by atoms with Gasteiger partial charge in [0.15, 0.2) is 5.65 Å². The van der Waals surface area contributed by atoms with Crippen LogP contribution in [0.5, 0.6) is 0 Å². The third-order valence-electron chi connectivity index (χ3n) is 2.04. The number of halogens is 1. The van der Waals surface area contributed by atoms with E-state index in [0.29, 0.717) is 18.1 Å². The summed E-state index contributed by atoms with van der Waals surface area (Å²) in [5.74, 6) is 0.284. The Kier molecular flexibility index (Phi) is 3.19. The lowest BCUT2D eigenvalue weighted by Gasteiger charge is -2.00. The molecule has 0 radical (unpaired) electrons. The van der Waals surface area contributed by atoms with E-state index in [2.05, 4.69) is 26.1 Å². The van der Waals surface area contributed by atoms with Gasteiger partial charge in [-0.05, 0) is 35.0 Å². The first-order valence-corrected chi connectivity index (χ1v) is 5.65. The van der Waals surface area contributed by atoms with Crippen LogP contribution in [0.4, 0.5) is 0 Å². The molecular formula is C10H10BrN3O2. The molecule has 0 atom stereocenters. The van der Waals surface area contributed by atoms with Gasteiger partial charge in [-0.2, -0.15) is 0 Å². The molecule has 0 saturated carbocycles. The van der Waals surface area contributed by atoms with E-state index in [-0.39, 0.29) is 12.4 Å². The van der Waals surface area contributed by atoms with Gasteiger partial charge in [0, 0.05) is 10.7 Å². The van der Waals surface area contributed by atoms with E-state index in [1.165, 1.54) is 0 Å². The zero-order valence-corrected chi connectivity index (χ0v) is 10.3. The summed E-state index contributed by atoms with van der Waals surface area (Å²) in [7, 11) is 0. The van der Waals surface area contributed by atoms with Crippen molar-refractivity contribution in [2.24, 2.45) is 0 Å². The average molecular weight is 284 g/mol. The van der Waals surface area contributed by atoms with Crippen LogP contribution in [0.1, 0.15) is 12.7 Å². The highest BCUT2D eigenvalue weighted by atomic mass is 79.9. The molecule has 2 rings (SSSR count). The molecule has 0 bridgehead atoms. The van der Waals surface area contributed by atoms with Gasteiger partial charge in [0.1, 0.15) is 12.2 Å². The molecule has 2 heterocycles. The first-order chi connectivity index (χ1) is 7.70. The molecule has 84 valence electrons. The van der Waals surface area contributed by atoms with Crippen molar-refractivity contribution in [3.63, 3.8) is 0 Å². The standard InChI is InChI=1S/C10H10BrN3O2/c1-2-16-10(15)5-9-13-12-8-4-3-7(11)6-14(8)9/h3-4,6H,2,5H2,1H3. The Bertz CT molecular complexity index is 524. The molecular weight excluding hydrogens is 274 g/mol. The minimum absolute atomic E-state index is 0.130. The fourth-order valence-electron chi connectivity index (χ4n) is 1.37. The molecule has 16 heavy (non-hydrogen) atoms. The maximum absolute atomic E-state index is 11.3. The highest BCUT2D eigenvalue weighted by Gasteiger charge is 2.11. The summed E-state index contributed by atoms with van der Waals surface area (Å²) in [5.41, 5.74) is 0.711. The SMILES string of the molecule is CCOC(=O)Cc1nnc2ccc(Br)cn12. The van der Waals surface area contributed by atoms with Crippen molar-refractivity contribution >= 4 is 27.5 Å². The lowest BCUT2D eigenvalue weighted by Crippen LogP contribution is -2.10. The monoisotopic (exact) mass is 283 g/mol. The number of carbonyl (C=O) groups is 1. The van der Waals surface area contributed by atoms with Crippen molar-refractivity contribution in [1.82, 2.24) is 14.6 Å². The van der Waals surface area contributed by atoms with Crippen molar-refractivity contribution < 1.29 is 9.53 Å². The van der Waals surface area contributed by atoms with Gasteiger partial charge in [0.05, 0.1) is 6.61 Å². The molecule has 0 unspecified atom stereocenters. The van der Waals surface area contributed by atoms with Crippen LogP contribution >= 0.6 is 15.9 Å². The number of fused-ring (bicyclic) bond motifs is 1. The van der Waals surface area contributed by atoms with Gasteiger partial charge in [-0.15, -0.1) is 10.2 Å². The van der Waals surface area contributed by atoms with Crippen LogP contribution in [-0.2, 0) is 16.0 Å². The van der Waals surface area contributed by atoms with Gasteiger partial charge in [0.25, 0.3) is 0 Å². The summed E-state index contributed by atoms with van der Waals surface area (Å²) in [6.07, 6.45) is 1.95. The normalized spacial score (nSPS) is 10.6. The van der Waals surface area contributed by atoms with Crippen LogP contribution in [0.2, 0.25) is 0 Å². The first kappa shape index (κ1) is 11.1. The minimum atomic E-state index is -0.295. The Labute approximate surface area is 101 Å². The fraction of sp³-hybridized carbons (Fsp3) is 0.300. The number of esters is 1. The number of carbonyl (C=O) groups excluding carboxylic acids is 1. The predicted octanol–water partition coefficient (Wildman–Crippen LogP) is 1.60. The van der Waals surface area contributed by atoms with Crippen molar-refractivity contribution in [3.05, 3.63) is 28.6 Å². The first-order valence-electron chi connectivity index (χ1n) is 4.85. The summed E-state index contributed by atoms with van der Waals surface area (Å²) < 4.78 is 7.53. The van der Waals surface area contributed by atoms with E-state index < -0.39 is 0 Å². The van der Waals surface area contributed by atoms with E-state index in [9.17, 15) is 4.79 Å². The molecule has 5 nitrogen and oxygen atoms in total. The van der Waals surface area contributed by atoms with Crippen molar-refractivity contribution in [2.75, 3.05) is 6.61 Å². The van der Waals surface area contributed by atoms with Crippen LogP contribution in [0.25, 0.3) is 5.65 Å². The molecule has 0 aliphatic rings. The maximum Gasteiger partial charge on any atom is 0.313 e. The van der Waals surface area contributed by atoms with Gasteiger partial charge in [0.2, 0.25) is 0 Å². The molecule has 2 aromatic heterocycles. The van der Waals surface area contributed by atoms with Gasteiger partial charge in [-0.3, -0.25) is 9.20 Å². The number of hydrogen-bond acceptors (Lipinski definition) is 4. The smallest absolute Gasteiger partial charge is 0.313 e. The quantitative estimate of drug-likeness (QED) is 0.803. The van der Waals surface area contributed by atoms with Crippen molar-refractivity contribution in [3.8, 4) is 0 Å². The third-order valence-corrected chi connectivity index (χ3v) is 2.51. The van der Waals surface area contributed by atoms with Gasteiger partial charge in [-0.1, -0.05) is 0 Å². The van der Waals surface area contributed by atoms with E-state index >= 15 is 0 Å². The van der Waals surface area contributed by atoms with E-state index in [0.717, 1.165) is 4.47 Å². The Morgan fingerprint density at radius 1 is 1.50 bits per heavy atom. The number of rotatable bonds is 3. The van der Waals surface area contributed by atoms with Gasteiger partial charge >= 0.3 is 5.97 Å². The molecule has 2 aromatic rings. The summed E-state index contributed by atoms with van der Waals surface area (Å²) in [5, 5.41) is 7.91. The van der Waals surface area contributed by atoms with Crippen LogP contribution in [-0.4, -0.2) is 27.2 Å². The average Bonchev–Trinajstić information content (AvgIpc) is 2.61. The Morgan fingerprint density at radius 3 is 3.06 bits per heavy atom. The summed E-state index contributed by atoms with van der Waals surface area (Å²) in [6, 6.07) is 3.70. The summed E-state index contributed by atoms with van der Waals surface area (Å²) in [4.78, 5) is 11.3. The molecule has 0 saturated heterocycles. The van der Waals surface area contributed by atoms with Gasteiger partial charge < -0.3 is 4.74 Å². The summed E-state index contributed by atoms with van der Waals surface area (Å²) >= 11 is 3.36. The highest BCUT2D eigenvalue weighted by molar-refractivity contribution is 9.10. The second kappa shape index (κ2) is 4.61. The van der Waals surface area contributed by atoms with E-state index in [4.69, 9.17) is 4.74 Å². The zero-order valence-electron chi connectivity index (χ0n) is 8.68. The molecule has 0 amide bonds. The Balaban J connectivity index is 2.30. The molecule has 0 N–H and O–H groups in total. The molecule has 0 fully saturated rings. The van der Waals surface area contributed by atoms with Crippen LogP contribution in [0.3, 0.4) is 0 Å². The molecule has 0 aliphatic heterocycles. The number of nitrogens with zero attached hydrogens (tertiary/aromatic N) is 3. The number of aromatic nitrogens is 3. The number of hydrogen-bond donors (Lipinski definition) is 0. The molecule has 6 heteroatoms. The zero-order chi connectivity index (χ0) is 11.5. The van der Waals surface area contributed by atoms with E-state index in [1.807, 2.05) is 18.3 Å². The van der Waals surface area contributed by atoms with Crippen LogP contribution in [0.15, 0.2) is 22.8 Å². The number of ether oxygens (including phenoxy) is 1. The highest BCUT2D eigenvalue weighted by Crippen LogP contribution is 2.12. The maximum atomic E-state index is 11.3. The Hall–Kier alpha value is -1.43. The second-order valence-electron chi connectivity index (χ2n) is 3.17. The van der Waals surface area contributed by atoms with Crippen molar-refractivity contribution in [2.45, 2.75) is 13.3 Å². The third kappa shape index (κ3) is 2.21. The predicted molar refractivity (Wildman–Crippen MR) is 61.0 cm³/mol. The molecule has 0 aliphatic carbocycles. The van der Waals surface area contributed by atoms with Gasteiger partial charge in [-0.25, -0.2) is 0 Å². The van der Waals surface area contributed by atoms with Crippen LogP contribution < -0.4 is 0 Å². The minimum Gasteiger partial charge on any atom is -0.466 e. The summed E-state index contributed by atoms with van der Waals surface area (Å²) in [6.45, 7) is 2.15. The molecule has 0 aromatic carbocycles. The fourth-order valence-corrected chi connectivity index (χ4v) is 1.71. The lowest BCUT2D eigenvalue weighted by atomic mass is 10.4. The second-order valence-corrected chi connectivity index (χ2v) is 4.09. The largest absolute Gasteiger partial charge is 0.466 e. The molecule has 0 spiro atoms. The van der Waals surface area contributed by atoms with Crippen LogP contribution in [0, 0.1) is 0 Å².